The van der Waals surface area contributed by atoms with Crippen molar-refractivity contribution in [3.63, 3.8) is 0 Å². The first kappa shape index (κ1) is 17.3. The smallest absolute Gasteiger partial charge is 0.242 e. The number of benzene rings is 2. The average Bonchev–Trinajstić information content (AvgIpc) is 3.24. The molecule has 1 N–H and O–H groups in total. The number of aromatic nitrogens is 2. The van der Waals surface area contributed by atoms with Gasteiger partial charge in [0.05, 0.1) is 11.7 Å². The molecule has 2 aromatic carbocycles. The van der Waals surface area contributed by atoms with E-state index in [1.54, 1.807) is 22.9 Å². The molecule has 6 heteroatoms. The van der Waals surface area contributed by atoms with E-state index in [4.69, 9.17) is 0 Å². The van der Waals surface area contributed by atoms with Gasteiger partial charge in [-0.2, -0.15) is 5.10 Å². The van der Waals surface area contributed by atoms with E-state index in [9.17, 15) is 9.59 Å². The first-order chi connectivity index (χ1) is 13.2. The van der Waals surface area contributed by atoms with Crippen molar-refractivity contribution in [2.45, 2.75) is 25.9 Å². The number of carbonyl (C=O) groups excluding carboxylic acids is 1. The average molecular weight is 362 g/mol. The summed E-state index contributed by atoms with van der Waals surface area (Å²) in [6.45, 7) is 2.79. The van der Waals surface area contributed by atoms with Crippen LogP contribution >= 0.6 is 0 Å². The van der Waals surface area contributed by atoms with Crippen LogP contribution in [0.1, 0.15) is 18.4 Å². The van der Waals surface area contributed by atoms with Crippen LogP contribution in [0, 0.1) is 0 Å². The van der Waals surface area contributed by atoms with E-state index in [1.165, 1.54) is 24.7 Å². The van der Waals surface area contributed by atoms with Gasteiger partial charge in [-0.1, -0.05) is 24.3 Å². The van der Waals surface area contributed by atoms with Crippen molar-refractivity contribution < 1.29 is 4.79 Å². The van der Waals surface area contributed by atoms with Gasteiger partial charge in [0, 0.05) is 30.7 Å². The molecule has 0 saturated carbocycles. The molecule has 2 heterocycles. The minimum Gasteiger partial charge on any atom is -0.372 e. The molecule has 6 nitrogen and oxygen atoms in total. The zero-order valence-corrected chi connectivity index (χ0v) is 15.1. The number of hydrogen-bond acceptors (Lipinski definition) is 4. The van der Waals surface area contributed by atoms with Crippen molar-refractivity contribution in [2.75, 3.05) is 18.0 Å². The van der Waals surface area contributed by atoms with Crippen molar-refractivity contribution in [1.82, 2.24) is 15.1 Å². The Balaban J connectivity index is 1.39. The molecule has 0 spiro atoms. The van der Waals surface area contributed by atoms with Gasteiger partial charge in [0.2, 0.25) is 11.3 Å². The number of fused-ring (bicyclic) bond motifs is 1. The Bertz CT molecular complexity index is 1000. The Morgan fingerprint density at radius 2 is 1.78 bits per heavy atom. The minimum absolute atomic E-state index is 0.0760. The number of amides is 1. The van der Waals surface area contributed by atoms with E-state index in [1.807, 2.05) is 6.07 Å². The Hall–Kier alpha value is -3.15. The van der Waals surface area contributed by atoms with Crippen molar-refractivity contribution in [3.05, 3.63) is 70.5 Å². The minimum atomic E-state index is -0.139. The Labute approximate surface area is 157 Å². The fourth-order valence-corrected chi connectivity index (χ4v) is 3.48. The molecule has 0 bridgehead atoms. The summed E-state index contributed by atoms with van der Waals surface area (Å²) in [5, 5.41) is 7.59. The highest BCUT2D eigenvalue weighted by molar-refractivity contribution is 5.81. The van der Waals surface area contributed by atoms with Crippen LogP contribution in [-0.4, -0.2) is 28.8 Å². The molecule has 27 heavy (non-hydrogen) atoms. The summed E-state index contributed by atoms with van der Waals surface area (Å²) in [4.78, 5) is 26.6. The highest BCUT2D eigenvalue weighted by Crippen LogP contribution is 2.20. The lowest BCUT2D eigenvalue weighted by Gasteiger charge is -2.17. The van der Waals surface area contributed by atoms with Crippen LogP contribution in [0.5, 0.6) is 0 Å². The molecule has 0 aliphatic carbocycles. The van der Waals surface area contributed by atoms with Crippen molar-refractivity contribution >= 4 is 22.5 Å². The highest BCUT2D eigenvalue weighted by Gasteiger charge is 2.12. The van der Waals surface area contributed by atoms with Crippen molar-refractivity contribution in [1.29, 1.82) is 0 Å². The fraction of sp³-hybridized carbons (Fsp3) is 0.286. The third kappa shape index (κ3) is 3.84. The van der Waals surface area contributed by atoms with E-state index in [0.29, 0.717) is 17.4 Å². The molecular formula is C21H22N4O2. The Kier molecular flexibility index (Phi) is 4.87. The summed E-state index contributed by atoms with van der Waals surface area (Å²) < 4.78 is 1.56. The number of nitrogens with one attached hydrogen (secondary N) is 1. The fourth-order valence-electron chi connectivity index (χ4n) is 3.48. The van der Waals surface area contributed by atoms with Gasteiger partial charge < -0.3 is 10.2 Å². The van der Waals surface area contributed by atoms with Crippen LogP contribution in [-0.2, 0) is 17.9 Å². The standard InChI is InChI=1S/C21H22N4O2/c26-20-14-23-25(19-6-2-1-5-18(19)20)15-21(27)22-13-16-7-9-17(10-8-16)24-11-3-4-12-24/h1-2,5-10,14H,3-4,11-13,15H2,(H,22,27). The molecule has 1 aromatic heterocycles. The quantitative estimate of drug-likeness (QED) is 0.756. The first-order valence-electron chi connectivity index (χ1n) is 9.26. The van der Waals surface area contributed by atoms with Crippen LogP contribution in [0.4, 0.5) is 5.69 Å². The zero-order chi connectivity index (χ0) is 18.6. The molecule has 4 rings (SSSR count). The van der Waals surface area contributed by atoms with Gasteiger partial charge in [0.25, 0.3) is 0 Å². The van der Waals surface area contributed by atoms with Crippen LogP contribution in [0.25, 0.3) is 10.9 Å². The second kappa shape index (κ2) is 7.61. The number of hydrogen-bond donors (Lipinski definition) is 1. The predicted octanol–water partition coefficient (Wildman–Crippen LogP) is 2.31. The number of anilines is 1. The van der Waals surface area contributed by atoms with Crippen LogP contribution in [0.2, 0.25) is 0 Å². The molecule has 0 radical (unpaired) electrons. The first-order valence-corrected chi connectivity index (χ1v) is 9.26. The molecule has 1 saturated heterocycles. The normalized spacial score (nSPS) is 13.9. The van der Waals surface area contributed by atoms with Gasteiger partial charge in [-0.15, -0.1) is 0 Å². The van der Waals surface area contributed by atoms with Gasteiger partial charge in [-0.05, 0) is 42.7 Å². The molecule has 138 valence electrons. The maximum absolute atomic E-state index is 12.3. The molecule has 1 fully saturated rings. The monoisotopic (exact) mass is 362 g/mol. The maximum atomic E-state index is 12.3. The summed E-state index contributed by atoms with van der Waals surface area (Å²) in [5.74, 6) is -0.139. The molecule has 1 aliphatic heterocycles. The lowest BCUT2D eigenvalue weighted by Crippen LogP contribution is -2.28. The Morgan fingerprint density at radius 1 is 1.04 bits per heavy atom. The SMILES string of the molecule is O=C(Cn1ncc(=O)c2ccccc21)NCc1ccc(N2CCCC2)cc1. The van der Waals surface area contributed by atoms with E-state index >= 15 is 0 Å². The third-order valence-electron chi connectivity index (χ3n) is 4.95. The Morgan fingerprint density at radius 3 is 2.56 bits per heavy atom. The molecule has 1 aliphatic rings. The second-order valence-electron chi connectivity index (χ2n) is 6.82. The number of nitrogens with zero attached hydrogens (tertiary/aromatic N) is 3. The molecule has 3 aromatic rings. The van der Waals surface area contributed by atoms with Crippen LogP contribution in [0.15, 0.2) is 59.5 Å². The number of carbonyl (C=O) groups is 1. The van der Waals surface area contributed by atoms with E-state index in [-0.39, 0.29) is 17.9 Å². The zero-order valence-electron chi connectivity index (χ0n) is 15.1. The second-order valence-corrected chi connectivity index (χ2v) is 6.82. The summed E-state index contributed by atoms with van der Waals surface area (Å²) in [6.07, 6.45) is 3.77. The van der Waals surface area contributed by atoms with Gasteiger partial charge >= 0.3 is 0 Å². The van der Waals surface area contributed by atoms with Crippen LogP contribution in [0.3, 0.4) is 0 Å². The molecule has 0 atom stereocenters. The lowest BCUT2D eigenvalue weighted by molar-refractivity contribution is -0.121. The number of rotatable bonds is 5. The van der Waals surface area contributed by atoms with Gasteiger partial charge in [0.15, 0.2) is 0 Å². The van der Waals surface area contributed by atoms with Crippen LogP contribution < -0.4 is 15.6 Å². The van der Waals surface area contributed by atoms with Crippen molar-refractivity contribution in [3.8, 4) is 0 Å². The summed E-state index contributed by atoms with van der Waals surface area (Å²) >= 11 is 0. The highest BCUT2D eigenvalue weighted by atomic mass is 16.2. The maximum Gasteiger partial charge on any atom is 0.242 e. The summed E-state index contributed by atoms with van der Waals surface area (Å²) in [6, 6.07) is 15.5. The van der Waals surface area contributed by atoms with E-state index < -0.39 is 0 Å². The predicted molar refractivity (Wildman–Crippen MR) is 106 cm³/mol. The molecule has 0 unspecified atom stereocenters. The van der Waals surface area contributed by atoms with E-state index in [2.05, 4.69) is 39.6 Å². The van der Waals surface area contributed by atoms with Crippen molar-refractivity contribution in [2.24, 2.45) is 0 Å². The third-order valence-corrected chi connectivity index (χ3v) is 4.95. The molecule has 1 amide bonds. The topological polar surface area (TPSA) is 67.2 Å². The van der Waals surface area contributed by atoms with E-state index in [0.717, 1.165) is 18.7 Å². The number of para-hydroxylation sites is 1. The molecular weight excluding hydrogens is 340 g/mol. The largest absolute Gasteiger partial charge is 0.372 e. The summed E-state index contributed by atoms with van der Waals surface area (Å²) in [7, 11) is 0. The summed E-state index contributed by atoms with van der Waals surface area (Å²) in [5.41, 5.74) is 2.82. The van der Waals surface area contributed by atoms with Gasteiger partial charge in [-0.25, -0.2) is 0 Å². The van der Waals surface area contributed by atoms with Gasteiger partial charge in [0.1, 0.15) is 6.54 Å². The van der Waals surface area contributed by atoms with Gasteiger partial charge in [-0.3, -0.25) is 14.3 Å². The lowest BCUT2D eigenvalue weighted by atomic mass is 10.2.